The van der Waals surface area contributed by atoms with Crippen molar-refractivity contribution in [3.8, 4) is 11.4 Å². The Labute approximate surface area is 145 Å². The summed E-state index contributed by atoms with van der Waals surface area (Å²) in [5, 5.41) is 4.41. The average Bonchev–Trinajstić information content (AvgIpc) is 3.26. The number of aromatic nitrogens is 3. The zero-order valence-corrected chi connectivity index (χ0v) is 14.3. The van der Waals surface area contributed by atoms with Crippen molar-refractivity contribution in [2.45, 2.75) is 19.4 Å². The Kier molecular flexibility index (Phi) is 4.13. The molecular formula is C18H19N5S. The molecular weight excluding hydrogens is 318 g/mol. The molecule has 1 aliphatic heterocycles. The van der Waals surface area contributed by atoms with Crippen LogP contribution in [0.2, 0.25) is 0 Å². The van der Waals surface area contributed by atoms with Crippen molar-refractivity contribution >= 4 is 22.5 Å². The summed E-state index contributed by atoms with van der Waals surface area (Å²) >= 11 is 1.43. The number of hydrogen-bond acceptors (Lipinski definition) is 6. The van der Waals surface area contributed by atoms with Crippen molar-refractivity contribution in [3.05, 3.63) is 54.2 Å². The van der Waals surface area contributed by atoms with Crippen LogP contribution in [0.4, 0.5) is 10.9 Å². The van der Waals surface area contributed by atoms with Crippen LogP contribution < -0.4 is 10.2 Å². The summed E-state index contributed by atoms with van der Waals surface area (Å²) in [5.41, 5.74) is 2.29. The van der Waals surface area contributed by atoms with E-state index in [0.717, 1.165) is 41.8 Å². The molecule has 1 aliphatic rings. The van der Waals surface area contributed by atoms with E-state index in [1.165, 1.54) is 17.1 Å². The van der Waals surface area contributed by atoms with Gasteiger partial charge in [0.15, 0.2) is 5.82 Å². The maximum atomic E-state index is 4.65. The molecule has 0 radical (unpaired) electrons. The van der Waals surface area contributed by atoms with E-state index in [1.54, 1.807) is 0 Å². The molecule has 1 fully saturated rings. The van der Waals surface area contributed by atoms with Crippen LogP contribution in [0.3, 0.4) is 0 Å². The number of benzene rings is 1. The fraction of sp³-hybridized carbons (Fsp3) is 0.278. The number of anilines is 2. The van der Waals surface area contributed by atoms with E-state index < -0.39 is 0 Å². The Morgan fingerprint density at radius 2 is 2.17 bits per heavy atom. The highest BCUT2D eigenvalue weighted by Gasteiger charge is 2.24. The van der Waals surface area contributed by atoms with Crippen LogP contribution in [-0.2, 0) is 0 Å². The molecule has 1 unspecified atom stereocenters. The third kappa shape index (κ3) is 3.23. The first-order valence-corrected chi connectivity index (χ1v) is 8.88. The highest BCUT2D eigenvalue weighted by atomic mass is 32.1. The van der Waals surface area contributed by atoms with Gasteiger partial charge in [-0.1, -0.05) is 29.8 Å². The molecule has 122 valence electrons. The Balaban J connectivity index is 1.42. The minimum atomic E-state index is 0.380. The van der Waals surface area contributed by atoms with Crippen molar-refractivity contribution in [2.75, 3.05) is 23.3 Å². The van der Waals surface area contributed by atoms with Crippen LogP contribution >= 0.6 is 11.5 Å². The molecule has 1 aromatic carbocycles. The van der Waals surface area contributed by atoms with Gasteiger partial charge in [-0.2, -0.15) is 9.36 Å². The Morgan fingerprint density at radius 1 is 1.21 bits per heavy atom. The minimum Gasteiger partial charge on any atom is -0.356 e. The molecule has 0 bridgehead atoms. The van der Waals surface area contributed by atoms with Crippen molar-refractivity contribution in [1.82, 2.24) is 14.3 Å². The largest absolute Gasteiger partial charge is 0.356 e. The molecule has 1 saturated heterocycles. The molecule has 0 spiro atoms. The number of nitrogens with zero attached hydrogens (tertiary/aromatic N) is 4. The van der Waals surface area contributed by atoms with Gasteiger partial charge in [-0.3, -0.25) is 0 Å². The predicted molar refractivity (Wildman–Crippen MR) is 98.6 cm³/mol. The van der Waals surface area contributed by atoms with Crippen molar-refractivity contribution in [1.29, 1.82) is 0 Å². The molecule has 0 aliphatic carbocycles. The first-order chi connectivity index (χ1) is 11.8. The van der Waals surface area contributed by atoms with Crippen molar-refractivity contribution < 1.29 is 0 Å². The lowest BCUT2D eigenvalue weighted by molar-refractivity contribution is 0.804. The quantitative estimate of drug-likeness (QED) is 0.788. The first-order valence-electron chi connectivity index (χ1n) is 8.11. The second kappa shape index (κ2) is 6.57. The summed E-state index contributed by atoms with van der Waals surface area (Å²) in [7, 11) is 0. The van der Waals surface area contributed by atoms with Gasteiger partial charge in [0, 0.05) is 42.4 Å². The smallest absolute Gasteiger partial charge is 0.203 e. The molecule has 24 heavy (non-hydrogen) atoms. The molecule has 6 heteroatoms. The zero-order chi connectivity index (χ0) is 16.4. The third-order valence-electron chi connectivity index (χ3n) is 4.19. The van der Waals surface area contributed by atoms with Gasteiger partial charge in [-0.15, -0.1) is 0 Å². The third-order valence-corrected chi connectivity index (χ3v) is 4.84. The summed E-state index contributed by atoms with van der Waals surface area (Å²) in [5.74, 6) is 1.84. The van der Waals surface area contributed by atoms with Crippen LogP contribution in [0.15, 0.2) is 48.7 Å². The van der Waals surface area contributed by atoms with E-state index in [0.29, 0.717) is 6.04 Å². The molecule has 2 aromatic heterocycles. The summed E-state index contributed by atoms with van der Waals surface area (Å²) in [6.07, 6.45) is 2.92. The van der Waals surface area contributed by atoms with Gasteiger partial charge in [0.2, 0.25) is 5.13 Å². The van der Waals surface area contributed by atoms with E-state index in [1.807, 2.05) is 24.4 Å². The molecule has 1 atom stereocenters. The molecule has 3 heterocycles. The van der Waals surface area contributed by atoms with Crippen LogP contribution in [-0.4, -0.2) is 33.5 Å². The fourth-order valence-corrected chi connectivity index (χ4v) is 3.65. The van der Waals surface area contributed by atoms with Crippen LogP contribution in [0.5, 0.6) is 0 Å². The van der Waals surface area contributed by atoms with Gasteiger partial charge in [-0.05, 0) is 31.5 Å². The van der Waals surface area contributed by atoms with E-state index in [4.69, 9.17) is 0 Å². The number of nitrogens with one attached hydrogen (secondary N) is 1. The van der Waals surface area contributed by atoms with Gasteiger partial charge in [0.25, 0.3) is 0 Å². The standard InChI is InChI=1S/C18H19N5S/c1-13-5-4-6-14(11-13)17-21-18(24-22-17)20-15-8-10-23(12-15)16-7-2-3-9-19-16/h2-7,9,11,15H,8,10,12H2,1H3,(H,20,21,22). The Morgan fingerprint density at radius 3 is 3.00 bits per heavy atom. The summed E-state index contributed by atoms with van der Waals surface area (Å²) in [6.45, 7) is 4.04. The average molecular weight is 337 g/mol. The normalized spacial score (nSPS) is 17.2. The van der Waals surface area contributed by atoms with Crippen LogP contribution in [0.25, 0.3) is 11.4 Å². The molecule has 5 nitrogen and oxygen atoms in total. The molecule has 0 saturated carbocycles. The second-order valence-electron chi connectivity index (χ2n) is 6.06. The maximum Gasteiger partial charge on any atom is 0.203 e. The lowest BCUT2D eigenvalue weighted by Crippen LogP contribution is -2.26. The molecule has 0 amide bonds. The van der Waals surface area contributed by atoms with Gasteiger partial charge < -0.3 is 10.2 Å². The van der Waals surface area contributed by atoms with E-state index in [-0.39, 0.29) is 0 Å². The number of hydrogen-bond donors (Lipinski definition) is 1. The highest BCUT2D eigenvalue weighted by molar-refractivity contribution is 7.09. The number of pyridine rings is 1. The second-order valence-corrected chi connectivity index (χ2v) is 6.81. The SMILES string of the molecule is Cc1cccc(-c2nsc(NC3CCN(c4ccccn4)C3)n2)c1. The Bertz CT molecular complexity index is 817. The van der Waals surface area contributed by atoms with Gasteiger partial charge >= 0.3 is 0 Å². The van der Waals surface area contributed by atoms with E-state index >= 15 is 0 Å². The van der Waals surface area contributed by atoms with E-state index in [2.05, 4.69) is 55.7 Å². The lowest BCUT2D eigenvalue weighted by atomic mass is 10.1. The van der Waals surface area contributed by atoms with Gasteiger partial charge in [0.05, 0.1) is 0 Å². The van der Waals surface area contributed by atoms with E-state index in [9.17, 15) is 0 Å². The number of rotatable bonds is 4. The molecule has 4 rings (SSSR count). The molecule has 3 aromatic rings. The summed E-state index contributed by atoms with van der Waals surface area (Å²) in [6, 6.07) is 14.7. The monoisotopic (exact) mass is 337 g/mol. The minimum absolute atomic E-state index is 0.380. The summed E-state index contributed by atoms with van der Waals surface area (Å²) < 4.78 is 4.49. The topological polar surface area (TPSA) is 53.9 Å². The Hall–Kier alpha value is -2.47. The first kappa shape index (κ1) is 15.1. The number of aryl methyl sites for hydroxylation is 1. The lowest BCUT2D eigenvalue weighted by Gasteiger charge is -2.17. The van der Waals surface area contributed by atoms with Crippen molar-refractivity contribution in [3.63, 3.8) is 0 Å². The maximum absolute atomic E-state index is 4.65. The van der Waals surface area contributed by atoms with Gasteiger partial charge in [0.1, 0.15) is 5.82 Å². The van der Waals surface area contributed by atoms with Crippen LogP contribution in [0.1, 0.15) is 12.0 Å². The predicted octanol–water partition coefficient (Wildman–Crippen LogP) is 3.60. The van der Waals surface area contributed by atoms with Gasteiger partial charge in [-0.25, -0.2) is 4.98 Å². The molecule has 1 N–H and O–H groups in total. The summed E-state index contributed by atoms with van der Waals surface area (Å²) in [4.78, 5) is 11.4. The zero-order valence-electron chi connectivity index (χ0n) is 13.5. The fourth-order valence-electron chi connectivity index (χ4n) is 2.99. The van der Waals surface area contributed by atoms with Crippen molar-refractivity contribution in [2.24, 2.45) is 0 Å². The van der Waals surface area contributed by atoms with Crippen LogP contribution in [0, 0.1) is 6.92 Å². The highest BCUT2D eigenvalue weighted by Crippen LogP contribution is 2.25.